The van der Waals surface area contributed by atoms with E-state index in [9.17, 15) is 14.4 Å². The maximum absolute atomic E-state index is 13.4. The summed E-state index contributed by atoms with van der Waals surface area (Å²) in [5.74, 6) is -0.445. The van der Waals surface area contributed by atoms with Crippen LogP contribution in [0.5, 0.6) is 0 Å². The third-order valence-corrected chi connectivity index (χ3v) is 5.85. The molecule has 1 aromatic carbocycles. The average Bonchev–Trinajstić information content (AvgIpc) is 3.04. The van der Waals surface area contributed by atoms with E-state index in [1.165, 1.54) is 4.57 Å². The fraction of sp³-hybridized carbons (Fsp3) is 0.409. The van der Waals surface area contributed by atoms with E-state index in [1.54, 1.807) is 25.1 Å². The maximum Gasteiger partial charge on any atom is 0.309 e. The van der Waals surface area contributed by atoms with Crippen LogP contribution in [0.15, 0.2) is 35.3 Å². The van der Waals surface area contributed by atoms with Crippen LogP contribution in [0.3, 0.4) is 0 Å². The van der Waals surface area contributed by atoms with E-state index in [1.807, 2.05) is 35.9 Å². The second-order valence-electron chi connectivity index (χ2n) is 7.58. The van der Waals surface area contributed by atoms with E-state index in [-0.39, 0.29) is 23.4 Å². The van der Waals surface area contributed by atoms with Crippen LogP contribution in [-0.2, 0) is 23.6 Å². The van der Waals surface area contributed by atoms with Gasteiger partial charge in [-0.15, -0.1) is 0 Å². The Hall–Kier alpha value is -3.09. The second kappa shape index (κ2) is 7.39. The minimum Gasteiger partial charge on any atom is -0.466 e. The molecule has 4 rings (SSSR count). The molecule has 3 aromatic rings. The number of hydrogen-bond acceptors (Lipinski definition) is 4. The molecule has 2 aromatic heterocycles. The summed E-state index contributed by atoms with van der Waals surface area (Å²) in [5.41, 5.74) is 1.84. The van der Waals surface area contributed by atoms with E-state index in [2.05, 4.69) is 0 Å². The van der Waals surface area contributed by atoms with E-state index in [0.29, 0.717) is 49.0 Å². The van der Waals surface area contributed by atoms with Crippen LogP contribution < -0.4 is 5.56 Å². The molecule has 0 bridgehead atoms. The van der Waals surface area contributed by atoms with Gasteiger partial charge in [0.2, 0.25) is 0 Å². The van der Waals surface area contributed by atoms with Crippen LogP contribution in [0, 0.1) is 5.92 Å². The summed E-state index contributed by atoms with van der Waals surface area (Å²) in [6.45, 7) is 3.16. The zero-order valence-corrected chi connectivity index (χ0v) is 17.0. The van der Waals surface area contributed by atoms with Crippen molar-refractivity contribution >= 4 is 33.7 Å². The first-order valence-electron chi connectivity index (χ1n) is 9.96. The predicted octanol–water partition coefficient (Wildman–Crippen LogP) is 2.45. The molecule has 0 unspecified atom stereocenters. The minimum atomic E-state index is -0.182. The summed E-state index contributed by atoms with van der Waals surface area (Å²) in [5, 5.41) is 1.59. The summed E-state index contributed by atoms with van der Waals surface area (Å²) < 4.78 is 8.45. The lowest BCUT2D eigenvalue weighted by atomic mass is 9.96. The molecular formula is C22H25N3O4. The molecule has 0 radical (unpaired) electrons. The number of rotatable bonds is 3. The molecule has 1 fully saturated rings. The Balaban J connectivity index is 1.74. The number of piperidine rings is 1. The van der Waals surface area contributed by atoms with Crippen molar-refractivity contribution in [1.29, 1.82) is 0 Å². The summed E-state index contributed by atoms with van der Waals surface area (Å²) in [7, 11) is 3.52. The fourth-order valence-electron chi connectivity index (χ4n) is 4.31. The van der Waals surface area contributed by atoms with Crippen LogP contribution in [-0.4, -0.2) is 45.6 Å². The topological polar surface area (TPSA) is 73.5 Å². The highest BCUT2D eigenvalue weighted by atomic mass is 16.5. The van der Waals surface area contributed by atoms with Gasteiger partial charge in [0.25, 0.3) is 11.5 Å². The van der Waals surface area contributed by atoms with E-state index >= 15 is 0 Å². The van der Waals surface area contributed by atoms with E-state index < -0.39 is 0 Å². The molecule has 0 spiro atoms. The van der Waals surface area contributed by atoms with Gasteiger partial charge in [0, 0.05) is 49.7 Å². The Labute approximate surface area is 168 Å². The van der Waals surface area contributed by atoms with Crippen molar-refractivity contribution in [2.45, 2.75) is 19.8 Å². The first kappa shape index (κ1) is 19.2. The van der Waals surface area contributed by atoms with Crippen molar-refractivity contribution in [3.63, 3.8) is 0 Å². The lowest BCUT2D eigenvalue weighted by Gasteiger charge is -2.31. The summed E-state index contributed by atoms with van der Waals surface area (Å²) in [4.78, 5) is 40.0. The molecule has 0 aliphatic carbocycles. The number of hydrogen-bond donors (Lipinski definition) is 0. The molecular weight excluding hydrogens is 370 g/mol. The smallest absolute Gasteiger partial charge is 0.309 e. The number of para-hydroxylation sites is 1. The van der Waals surface area contributed by atoms with Crippen LogP contribution in [0.1, 0.15) is 30.1 Å². The van der Waals surface area contributed by atoms with Gasteiger partial charge in [0.1, 0.15) is 5.52 Å². The van der Waals surface area contributed by atoms with Gasteiger partial charge >= 0.3 is 5.97 Å². The normalized spacial score (nSPS) is 15.2. The molecule has 1 aliphatic heterocycles. The third kappa shape index (κ3) is 3.10. The van der Waals surface area contributed by atoms with Crippen LogP contribution in [0.2, 0.25) is 0 Å². The number of aryl methyl sites for hydroxylation is 2. The zero-order chi connectivity index (χ0) is 20.7. The van der Waals surface area contributed by atoms with Crippen molar-refractivity contribution in [1.82, 2.24) is 14.0 Å². The number of fused-ring (bicyclic) bond motifs is 3. The van der Waals surface area contributed by atoms with Crippen molar-refractivity contribution in [2.24, 2.45) is 20.0 Å². The Morgan fingerprint density at radius 1 is 1.14 bits per heavy atom. The van der Waals surface area contributed by atoms with Gasteiger partial charge in [0.15, 0.2) is 0 Å². The van der Waals surface area contributed by atoms with Gasteiger partial charge in [-0.3, -0.25) is 14.4 Å². The van der Waals surface area contributed by atoms with Crippen molar-refractivity contribution in [3.05, 3.63) is 46.4 Å². The highest BCUT2D eigenvalue weighted by Crippen LogP contribution is 2.30. The Bertz CT molecular complexity index is 1170. The molecule has 7 nitrogen and oxygen atoms in total. The monoisotopic (exact) mass is 395 g/mol. The molecule has 0 saturated carbocycles. The molecule has 1 saturated heterocycles. The quantitative estimate of drug-likeness (QED) is 0.639. The molecule has 1 amide bonds. The summed E-state index contributed by atoms with van der Waals surface area (Å²) in [6, 6.07) is 7.74. The van der Waals surface area contributed by atoms with E-state index in [0.717, 1.165) is 10.9 Å². The van der Waals surface area contributed by atoms with Crippen molar-refractivity contribution < 1.29 is 14.3 Å². The summed E-state index contributed by atoms with van der Waals surface area (Å²) >= 11 is 0. The number of benzene rings is 1. The number of aromatic nitrogens is 2. The van der Waals surface area contributed by atoms with Crippen molar-refractivity contribution in [2.75, 3.05) is 19.7 Å². The first-order valence-corrected chi connectivity index (χ1v) is 9.96. The van der Waals surface area contributed by atoms with Crippen LogP contribution >= 0.6 is 0 Å². The first-order chi connectivity index (χ1) is 13.9. The van der Waals surface area contributed by atoms with Crippen molar-refractivity contribution in [3.8, 4) is 0 Å². The average molecular weight is 395 g/mol. The van der Waals surface area contributed by atoms with Gasteiger partial charge in [0.05, 0.1) is 18.1 Å². The number of pyridine rings is 1. The second-order valence-corrected chi connectivity index (χ2v) is 7.58. The van der Waals surface area contributed by atoms with Crippen LogP contribution in [0.25, 0.3) is 21.8 Å². The lowest BCUT2D eigenvalue weighted by molar-refractivity contribution is -0.149. The molecule has 29 heavy (non-hydrogen) atoms. The number of nitrogens with zero attached hydrogens (tertiary/aromatic N) is 3. The number of carbonyl (C=O) groups is 2. The standard InChI is InChI=1S/C22H25N3O4/c1-4-29-22(28)14-9-11-25(12-10-14)20(26)16-13-23(2)21(27)19-18(16)15-7-5-6-8-17(15)24(19)3/h5-8,13-14H,4,9-12H2,1-3H3. The van der Waals surface area contributed by atoms with Gasteiger partial charge < -0.3 is 18.8 Å². The highest BCUT2D eigenvalue weighted by Gasteiger charge is 2.30. The third-order valence-electron chi connectivity index (χ3n) is 5.85. The zero-order valence-electron chi connectivity index (χ0n) is 17.0. The molecule has 3 heterocycles. The van der Waals surface area contributed by atoms with Gasteiger partial charge in [-0.05, 0) is 25.8 Å². The van der Waals surface area contributed by atoms with Gasteiger partial charge in [-0.1, -0.05) is 18.2 Å². The van der Waals surface area contributed by atoms with Gasteiger partial charge in [-0.2, -0.15) is 0 Å². The fourth-order valence-corrected chi connectivity index (χ4v) is 4.31. The Morgan fingerprint density at radius 2 is 1.83 bits per heavy atom. The molecule has 0 N–H and O–H groups in total. The minimum absolute atomic E-state index is 0.107. The number of carbonyl (C=O) groups excluding carboxylic acids is 2. The largest absolute Gasteiger partial charge is 0.466 e. The molecule has 1 aliphatic rings. The number of ether oxygens (including phenoxy) is 1. The lowest BCUT2D eigenvalue weighted by Crippen LogP contribution is -2.41. The molecule has 152 valence electrons. The Kier molecular flexibility index (Phi) is 4.90. The molecule has 0 atom stereocenters. The predicted molar refractivity (Wildman–Crippen MR) is 111 cm³/mol. The number of amides is 1. The number of likely N-dealkylation sites (tertiary alicyclic amines) is 1. The number of esters is 1. The molecule has 7 heteroatoms. The van der Waals surface area contributed by atoms with E-state index in [4.69, 9.17) is 4.74 Å². The highest BCUT2D eigenvalue weighted by molar-refractivity contribution is 6.17. The Morgan fingerprint density at radius 3 is 2.52 bits per heavy atom. The SMILES string of the molecule is CCOC(=O)C1CCN(C(=O)c2cn(C)c(=O)c3c2c2ccccc2n3C)CC1. The summed E-state index contributed by atoms with van der Waals surface area (Å²) in [6.07, 6.45) is 2.82. The van der Waals surface area contributed by atoms with Gasteiger partial charge in [-0.25, -0.2) is 0 Å². The van der Waals surface area contributed by atoms with Crippen LogP contribution in [0.4, 0.5) is 0 Å². The maximum atomic E-state index is 13.4.